The van der Waals surface area contributed by atoms with E-state index in [1.165, 1.54) is 12.8 Å². The monoisotopic (exact) mass is 365 g/mol. The van der Waals surface area contributed by atoms with Crippen LogP contribution in [0, 0.1) is 0 Å². The van der Waals surface area contributed by atoms with Gasteiger partial charge in [-0.05, 0) is 38.8 Å². The summed E-state index contributed by atoms with van der Waals surface area (Å²) in [5, 5.41) is 3.18. The number of aromatic nitrogens is 2. The largest absolute Gasteiger partial charge is 0.398 e. The number of nitrogen functional groups attached to an aromatic ring is 1. The predicted octanol–water partition coefficient (Wildman–Crippen LogP) is 2.42. The minimum absolute atomic E-state index is 0.125. The van der Waals surface area contributed by atoms with Crippen LogP contribution in [0.2, 0.25) is 0 Å². The van der Waals surface area contributed by atoms with Crippen molar-refractivity contribution in [3.05, 3.63) is 42.7 Å². The van der Waals surface area contributed by atoms with Crippen molar-refractivity contribution in [3.63, 3.8) is 0 Å². The average molecular weight is 365 g/mol. The number of nitrogens with one attached hydrogen (secondary N) is 1. The molecular formula is C21H27N5O. The Kier molecular flexibility index (Phi) is 4.52. The van der Waals surface area contributed by atoms with Gasteiger partial charge in [0.25, 0.3) is 5.91 Å². The van der Waals surface area contributed by atoms with Gasteiger partial charge in [0.05, 0.1) is 0 Å². The van der Waals surface area contributed by atoms with Gasteiger partial charge in [-0.1, -0.05) is 18.7 Å². The minimum atomic E-state index is -0.125. The SMILES string of the molecule is C=C(C(=O)NC1CC2CCC(C1)N2C)c1ccc(-c2nccn2C)cc1N. The van der Waals surface area contributed by atoms with Gasteiger partial charge in [-0.3, -0.25) is 4.79 Å². The first-order chi connectivity index (χ1) is 12.9. The number of carbonyl (C=O) groups excluding carboxylic acids is 1. The molecule has 27 heavy (non-hydrogen) atoms. The van der Waals surface area contributed by atoms with Gasteiger partial charge in [0.15, 0.2) is 0 Å². The lowest BCUT2D eigenvalue weighted by molar-refractivity contribution is -0.116. The van der Waals surface area contributed by atoms with Gasteiger partial charge < -0.3 is 20.5 Å². The van der Waals surface area contributed by atoms with Crippen LogP contribution in [0.1, 0.15) is 31.2 Å². The third-order valence-electron chi connectivity index (χ3n) is 6.16. The summed E-state index contributed by atoms with van der Waals surface area (Å²) in [5.41, 5.74) is 8.80. The quantitative estimate of drug-likeness (QED) is 0.644. The summed E-state index contributed by atoms with van der Waals surface area (Å²) < 4.78 is 1.93. The van der Waals surface area contributed by atoms with Gasteiger partial charge in [0.2, 0.25) is 0 Å². The van der Waals surface area contributed by atoms with E-state index in [4.69, 9.17) is 5.73 Å². The Morgan fingerprint density at radius 2 is 1.96 bits per heavy atom. The van der Waals surface area contributed by atoms with Gasteiger partial charge in [0, 0.05) is 60.0 Å². The van der Waals surface area contributed by atoms with Crippen molar-refractivity contribution >= 4 is 17.2 Å². The van der Waals surface area contributed by atoms with Crippen molar-refractivity contribution in [2.24, 2.45) is 7.05 Å². The number of rotatable bonds is 4. The molecule has 2 aliphatic heterocycles. The third kappa shape index (κ3) is 3.25. The van der Waals surface area contributed by atoms with Crippen molar-refractivity contribution in [2.75, 3.05) is 12.8 Å². The third-order valence-corrected chi connectivity index (χ3v) is 6.16. The molecule has 0 saturated carbocycles. The van der Waals surface area contributed by atoms with Gasteiger partial charge in [0.1, 0.15) is 5.82 Å². The number of amides is 1. The van der Waals surface area contributed by atoms with Crippen LogP contribution < -0.4 is 11.1 Å². The first-order valence-electron chi connectivity index (χ1n) is 9.53. The van der Waals surface area contributed by atoms with Crippen LogP contribution in [0.5, 0.6) is 0 Å². The number of hydrogen-bond acceptors (Lipinski definition) is 4. The fourth-order valence-corrected chi connectivity index (χ4v) is 4.54. The number of hydrogen-bond donors (Lipinski definition) is 2. The number of piperidine rings is 1. The smallest absolute Gasteiger partial charge is 0.251 e. The van der Waals surface area contributed by atoms with E-state index >= 15 is 0 Å². The molecule has 0 spiro atoms. The van der Waals surface area contributed by atoms with Crippen LogP contribution in [0.25, 0.3) is 17.0 Å². The summed E-state index contributed by atoms with van der Waals surface area (Å²) in [7, 11) is 4.14. The maximum atomic E-state index is 12.8. The van der Waals surface area contributed by atoms with Gasteiger partial charge in [-0.15, -0.1) is 0 Å². The molecule has 1 aromatic carbocycles. The second-order valence-electron chi connectivity index (χ2n) is 7.83. The second kappa shape index (κ2) is 6.85. The second-order valence-corrected chi connectivity index (χ2v) is 7.83. The highest BCUT2D eigenvalue weighted by atomic mass is 16.1. The van der Waals surface area contributed by atoms with E-state index < -0.39 is 0 Å². The molecule has 2 atom stereocenters. The fourth-order valence-electron chi connectivity index (χ4n) is 4.54. The molecule has 6 heteroatoms. The molecule has 2 saturated heterocycles. The lowest BCUT2D eigenvalue weighted by atomic mass is 9.96. The number of nitrogens with two attached hydrogens (primary N) is 1. The molecular weight excluding hydrogens is 338 g/mol. The van der Waals surface area contributed by atoms with E-state index in [2.05, 4.69) is 28.8 Å². The zero-order valence-electron chi connectivity index (χ0n) is 16.0. The topological polar surface area (TPSA) is 76.2 Å². The van der Waals surface area contributed by atoms with Crippen molar-refractivity contribution in [2.45, 2.75) is 43.8 Å². The van der Waals surface area contributed by atoms with Crippen LogP contribution >= 0.6 is 0 Å². The Labute approximate surface area is 160 Å². The summed E-state index contributed by atoms with van der Waals surface area (Å²) >= 11 is 0. The number of benzene rings is 1. The molecule has 2 aliphatic rings. The number of aryl methyl sites for hydroxylation is 1. The number of carbonyl (C=O) groups is 1. The van der Waals surface area contributed by atoms with Crippen LogP contribution in [0.4, 0.5) is 5.69 Å². The molecule has 142 valence electrons. The molecule has 2 unspecified atom stereocenters. The molecule has 2 fully saturated rings. The van der Waals surface area contributed by atoms with Gasteiger partial charge in [-0.2, -0.15) is 0 Å². The van der Waals surface area contributed by atoms with Gasteiger partial charge >= 0.3 is 0 Å². The van der Waals surface area contributed by atoms with Crippen molar-refractivity contribution in [1.82, 2.24) is 19.8 Å². The lowest BCUT2D eigenvalue weighted by Crippen LogP contribution is -2.48. The number of nitrogens with zero attached hydrogens (tertiary/aromatic N) is 3. The fraction of sp³-hybridized carbons (Fsp3) is 0.429. The lowest BCUT2D eigenvalue weighted by Gasteiger charge is -2.36. The number of fused-ring (bicyclic) bond motifs is 2. The Balaban J connectivity index is 1.46. The molecule has 6 nitrogen and oxygen atoms in total. The van der Waals surface area contributed by atoms with E-state index in [1.807, 2.05) is 36.0 Å². The highest BCUT2D eigenvalue weighted by Gasteiger charge is 2.38. The van der Waals surface area contributed by atoms with Gasteiger partial charge in [-0.25, -0.2) is 4.98 Å². The molecule has 3 N–H and O–H groups in total. The average Bonchev–Trinajstić information content (AvgIpc) is 3.13. The predicted molar refractivity (Wildman–Crippen MR) is 108 cm³/mol. The standard InChI is InChI=1S/C21H27N5O/c1-13(21(27)24-15-11-16-5-6-17(12-15)26(16)3)18-7-4-14(10-19(18)22)20-23-8-9-25(20)2/h4,7-10,15-17H,1,5-6,11-12,22H2,2-3H3,(H,24,27). The van der Waals surface area contributed by atoms with E-state index in [-0.39, 0.29) is 11.9 Å². The minimum Gasteiger partial charge on any atom is -0.398 e. The summed E-state index contributed by atoms with van der Waals surface area (Å²) in [6.45, 7) is 4.01. The molecule has 4 rings (SSSR count). The number of imidazole rings is 1. The Hall–Kier alpha value is -2.60. The maximum absolute atomic E-state index is 12.8. The number of anilines is 1. The van der Waals surface area contributed by atoms with Crippen LogP contribution in [-0.4, -0.2) is 45.5 Å². The van der Waals surface area contributed by atoms with E-state index in [0.717, 1.165) is 24.2 Å². The molecule has 0 aliphatic carbocycles. The highest BCUT2D eigenvalue weighted by Crippen LogP contribution is 2.34. The first-order valence-corrected chi connectivity index (χ1v) is 9.53. The Morgan fingerprint density at radius 1 is 1.26 bits per heavy atom. The van der Waals surface area contributed by atoms with Crippen molar-refractivity contribution in [1.29, 1.82) is 0 Å². The summed E-state index contributed by atoms with van der Waals surface area (Å²) in [6.07, 6.45) is 8.13. The molecule has 1 amide bonds. The molecule has 0 radical (unpaired) electrons. The highest BCUT2D eigenvalue weighted by molar-refractivity contribution is 6.20. The van der Waals surface area contributed by atoms with E-state index in [9.17, 15) is 4.79 Å². The van der Waals surface area contributed by atoms with E-state index in [0.29, 0.717) is 28.9 Å². The van der Waals surface area contributed by atoms with Crippen LogP contribution in [-0.2, 0) is 11.8 Å². The maximum Gasteiger partial charge on any atom is 0.251 e. The zero-order chi connectivity index (χ0) is 19.1. The summed E-state index contributed by atoms with van der Waals surface area (Å²) in [5.74, 6) is 0.713. The molecule has 3 heterocycles. The normalized spacial score (nSPS) is 24.7. The molecule has 1 aromatic heterocycles. The van der Waals surface area contributed by atoms with Crippen LogP contribution in [0.15, 0.2) is 37.2 Å². The zero-order valence-corrected chi connectivity index (χ0v) is 16.0. The van der Waals surface area contributed by atoms with Crippen molar-refractivity contribution < 1.29 is 4.79 Å². The van der Waals surface area contributed by atoms with Crippen molar-refractivity contribution in [3.8, 4) is 11.4 Å². The van der Waals surface area contributed by atoms with Crippen LogP contribution in [0.3, 0.4) is 0 Å². The molecule has 2 bridgehead atoms. The Morgan fingerprint density at radius 3 is 2.56 bits per heavy atom. The van der Waals surface area contributed by atoms with E-state index in [1.54, 1.807) is 6.20 Å². The summed E-state index contributed by atoms with van der Waals surface area (Å²) in [6, 6.07) is 7.04. The first kappa shape index (κ1) is 17.8. The molecule has 2 aromatic rings. The Bertz CT molecular complexity index is 872. The summed E-state index contributed by atoms with van der Waals surface area (Å²) in [4.78, 5) is 19.6.